The van der Waals surface area contributed by atoms with Crippen molar-refractivity contribution >= 4 is 22.9 Å². The second-order valence-electron chi connectivity index (χ2n) is 4.61. The van der Waals surface area contributed by atoms with E-state index in [4.69, 9.17) is 20.9 Å². The summed E-state index contributed by atoms with van der Waals surface area (Å²) < 4.78 is 10.8. The first-order valence-electron chi connectivity index (χ1n) is 6.32. The molecule has 0 radical (unpaired) electrons. The van der Waals surface area contributed by atoms with Crippen LogP contribution in [0.2, 0.25) is 5.02 Å². The fraction of sp³-hybridized carbons (Fsp3) is 0.214. The fourth-order valence-electron chi connectivity index (χ4n) is 1.75. The summed E-state index contributed by atoms with van der Waals surface area (Å²) in [5.74, 6) is 1.50. The third kappa shape index (κ3) is 3.06. The van der Waals surface area contributed by atoms with Crippen LogP contribution in [0.1, 0.15) is 13.8 Å². The van der Waals surface area contributed by atoms with E-state index in [2.05, 4.69) is 15.1 Å². The van der Waals surface area contributed by atoms with Gasteiger partial charge in [-0.1, -0.05) is 16.8 Å². The van der Waals surface area contributed by atoms with Crippen LogP contribution in [0.4, 0.5) is 0 Å². The molecule has 2 heterocycles. The molecule has 0 spiro atoms. The van der Waals surface area contributed by atoms with Crippen LogP contribution in [0.5, 0.6) is 5.75 Å². The molecule has 0 bridgehead atoms. The number of nitrogens with zero attached hydrogens (tertiary/aromatic N) is 3. The van der Waals surface area contributed by atoms with Crippen LogP contribution in [0.15, 0.2) is 33.6 Å². The predicted octanol–water partition coefficient (Wildman–Crippen LogP) is 4.30. The molecule has 0 saturated heterocycles. The standard InChI is InChI=1S/C14H12ClN3O2S/c1-8(2)19-12-4-3-9(5-10(12)15)13-17-14(20-18-13)11-6-21-7-16-11/h3-8H,1-2H3. The van der Waals surface area contributed by atoms with Gasteiger partial charge in [0.05, 0.1) is 16.6 Å². The summed E-state index contributed by atoms with van der Waals surface area (Å²) in [6.07, 6.45) is 0.0646. The first-order valence-corrected chi connectivity index (χ1v) is 7.64. The number of aromatic nitrogens is 3. The Bertz CT molecular complexity index is 741. The van der Waals surface area contributed by atoms with Gasteiger partial charge in [-0.15, -0.1) is 11.3 Å². The number of benzene rings is 1. The molecule has 0 aliphatic heterocycles. The molecule has 2 aromatic heterocycles. The average molecular weight is 322 g/mol. The van der Waals surface area contributed by atoms with Gasteiger partial charge in [0, 0.05) is 10.9 Å². The molecule has 7 heteroatoms. The van der Waals surface area contributed by atoms with Gasteiger partial charge in [0.25, 0.3) is 5.89 Å². The van der Waals surface area contributed by atoms with Crippen molar-refractivity contribution in [3.63, 3.8) is 0 Å². The summed E-state index contributed by atoms with van der Waals surface area (Å²) in [4.78, 5) is 8.46. The highest BCUT2D eigenvalue weighted by Crippen LogP contribution is 2.30. The van der Waals surface area contributed by atoms with Gasteiger partial charge in [0.2, 0.25) is 5.82 Å². The molecule has 0 unspecified atom stereocenters. The van der Waals surface area contributed by atoms with Crippen LogP contribution in [0.3, 0.4) is 0 Å². The maximum Gasteiger partial charge on any atom is 0.277 e. The fourth-order valence-corrected chi connectivity index (χ4v) is 2.50. The zero-order valence-electron chi connectivity index (χ0n) is 11.4. The van der Waals surface area contributed by atoms with Crippen molar-refractivity contribution in [2.45, 2.75) is 20.0 Å². The van der Waals surface area contributed by atoms with Crippen molar-refractivity contribution in [2.24, 2.45) is 0 Å². The molecule has 21 heavy (non-hydrogen) atoms. The summed E-state index contributed by atoms with van der Waals surface area (Å²) >= 11 is 7.68. The Balaban J connectivity index is 1.89. The summed E-state index contributed by atoms with van der Waals surface area (Å²) in [7, 11) is 0. The van der Waals surface area contributed by atoms with Crippen molar-refractivity contribution in [1.29, 1.82) is 0 Å². The quantitative estimate of drug-likeness (QED) is 0.717. The molecular formula is C14H12ClN3O2S. The van der Waals surface area contributed by atoms with E-state index in [1.54, 1.807) is 17.6 Å². The van der Waals surface area contributed by atoms with E-state index in [-0.39, 0.29) is 6.10 Å². The third-order valence-electron chi connectivity index (χ3n) is 2.63. The predicted molar refractivity (Wildman–Crippen MR) is 81.6 cm³/mol. The largest absolute Gasteiger partial charge is 0.489 e. The molecule has 3 rings (SSSR count). The molecule has 0 N–H and O–H groups in total. The average Bonchev–Trinajstić information content (AvgIpc) is 3.10. The van der Waals surface area contributed by atoms with Crippen LogP contribution in [-0.2, 0) is 0 Å². The van der Waals surface area contributed by atoms with E-state index >= 15 is 0 Å². The second-order valence-corrected chi connectivity index (χ2v) is 5.73. The van der Waals surface area contributed by atoms with Crippen molar-refractivity contribution in [1.82, 2.24) is 15.1 Å². The molecule has 0 fully saturated rings. The lowest BCUT2D eigenvalue weighted by Gasteiger charge is -2.11. The van der Waals surface area contributed by atoms with Gasteiger partial charge >= 0.3 is 0 Å². The van der Waals surface area contributed by atoms with Gasteiger partial charge in [0.15, 0.2) is 0 Å². The topological polar surface area (TPSA) is 61.0 Å². The van der Waals surface area contributed by atoms with Crippen molar-refractivity contribution in [2.75, 3.05) is 0 Å². The van der Waals surface area contributed by atoms with E-state index in [1.165, 1.54) is 11.3 Å². The first-order chi connectivity index (χ1) is 10.1. The lowest BCUT2D eigenvalue weighted by atomic mass is 10.2. The van der Waals surface area contributed by atoms with Crippen LogP contribution in [0, 0.1) is 0 Å². The van der Waals surface area contributed by atoms with E-state index in [9.17, 15) is 0 Å². The molecule has 0 amide bonds. The lowest BCUT2D eigenvalue weighted by molar-refractivity contribution is 0.242. The van der Waals surface area contributed by atoms with Crippen LogP contribution < -0.4 is 4.74 Å². The Morgan fingerprint density at radius 3 is 2.86 bits per heavy atom. The molecule has 3 aromatic rings. The van der Waals surface area contributed by atoms with Gasteiger partial charge in [-0.05, 0) is 32.0 Å². The van der Waals surface area contributed by atoms with Gasteiger partial charge in [-0.25, -0.2) is 4.98 Å². The summed E-state index contributed by atoms with van der Waals surface area (Å²) in [5, 5.41) is 6.32. The van der Waals surface area contributed by atoms with Gasteiger partial charge in [-0.2, -0.15) is 4.98 Å². The number of rotatable bonds is 4. The Morgan fingerprint density at radius 2 is 2.19 bits per heavy atom. The van der Waals surface area contributed by atoms with Crippen LogP contribution in [0.25, 0.3) is 23.0 Å². The van der Waals surface area contributed by atoms with Crippen molar-refractivity contribution in [3.8, 4) is 28.7 Å². The smallest absolute Gasteiger partial charge is 0.277 e. The molecule has 1 aromatic carbocycles. The Hall–Kier alpha value is -1.92. The monoisotopic (exact) mass is 321 g/mol. The van der Waals surface area contributed by atoms with Crippen molar-refractivity contribution in [3.05, 3.63) is 34.1 Å². The van der Waals surface area contributed by atoms with E-state index in [0.29, 0.717) is 28.2 Å². The zero-order valence-corrected chi connectivity index (χ0v) is 13.0. The van der Waals surface area contributed by atoms with Gasteiger partial charge in [-0.3, -0.25) is 0 Å². The first kappa shape index (κ1) is 14.0. The molecule has 0 atom stereocenters. The highest BCUT2D eigenvalue weighted by atomic mass is 35.5. The zero-order chi connectivity index (χ0) is 14.8. The molecule has 0 aliphatic carbocycles. The SMILES string of the molecule is CC(C)Oc1ccc(-c2noc(-c3cscn3)n2)cc1Cl. The lowest BCUT2D eigenvalue weighted by Crippen LogP contribution is -2.05. The minimum Gasteiger partial charge on any atom is -0.489 e. The summed E-state index contributed by atoms with van der Waals surface area (Å²) in [5.41, 5.74) is 3.15. The minimum absolute atomic E-state index is 0.0646. The normalized spacial score (nSPS) is 11.0. The maximum atomic E-state index is 6.21. The Morgan fingerprint density at radius 1 is 1.33 bits per heavy atom. The number of hydrogen-bond donors (Lipinski definition) is 0. The minimum atomic E-state index is 0.0646. The Labute approximate surface area is 130 Å². The van der Waals surface area contributed by atoms with Gasteiger partial charge in [0.1, 0.15) is 11.4 Å². The van der Waals surface area contributed by atoms with Gasteiger partial charge < -0.3 is 9.26 Å². The molecule has 0 saturated carbocycles. The summed E-state index contributed by atoms with van der Waals surface area (Å²) in [6.45, 7) is 3.90. The Kier molecular flexibility index (Phi) is 3.90. The van der Waals surface area contributed by atoms with Crippen LogP contribution in [-0.4, -0.2) is 21.2 Å². The third-order valence-corrected chi connectivity index (χ3v) is 3.51. The van der Waals surface area contributed by atoms with E-state index in [0.717, 1.165) is 5.56 Å². The molecule has 5 nitrogen and oxygen atoms in total. The number of thiazole rings is 1. The number of ether oxygens (including phenoxy) is 1. The second kappa shape index (κ2) is 5.83. The van der Waals surface area contributed by atoms with Crippen molar-refractivity contribution < 1.29 is 9.26 Å². The summed E-state index contributed by atoms with van der Waals surface area (Å²) in [6, 6.07) is 5.41. The molecular weight excluding hydrogens is 310 g/mol. The van der Waals surface area contributed by atoms with E-state index < -0.39 is 0 Å². The van der Waals surface area contributed by atoms with E-state index in [1.807, 2.05) is 25.3 Å². The number of halogens is 1. The molecule has 0 aliphatic rings. The highest BCUT2D eigenvalue weighted by Gasteiger charge is 2.13. The highest BCUT2D eigenvalue weighted by molar-refractivity contribution is 7.07. The number of hydrogen-bond acceptors (Lipinski definition) is 6. The molecule has 108 valence electrons. The van der Waals surface area contributed by atoms with Crippen LogP contribution >= 0.6 is 22.9 Å². The maximum absolute atomic E-state index is 6.21.